The highest BCUT2D eigenvalue weighted by molar-refractivity contribution is 5.99. The number of nitrogens with zero attached hydrogens (tertiary/aromatic N) is 3. The summed E-state index contributed by atoms with van der Waals surface area (Å²) in [6, 6.07) is 10.6. The minimum atomic E-state index is -4.69. The minimum Gasteiger partial charge on any atom is -0.267 e. The maximum atomic E-state index is 13.0. The summed E-state index contributed by atoms with van der Waals surface area (Å²) in [5, 5.41) is 8.15. The molecule has 2 N–H and O–H groups in total. The number of nitrogens with one attached hydrogen (secondary N) is 2. The van der Waals surface area contributed by atoms with Gasteiger partial charge in [0.1, 0.15) is 0 Å². The van der Waals surface area contributed by atoms with Gasteiger partial charge in [-0.05, 0) is 49.2 Å². The van der Waals surface area contributed by atoms with Crippen LogP contribution >= 0.6 is 0 Å². The molecule has 0 fully saturated rings. The van der Waals surface area contributed by atoms with Crippen LogP contribution in [0, 0.1) is 0 Å². The molecular weight excluding hydrogens is 411 g/mol. The van der Waals surface area contributed by atoms with Crippen molar-refractivity contribution in [2.45, 2.75) is 32.4 Å². The number of alkyl halides is 3. The molecule has 1 heterocycles. The summed E-state index contributed by atoms with van der Waals surface area (Å²) in [5.74, 6) is -1.74. The molecule has 2 amide bonds. The van der Waals surface area contributed by atoms with E-state index in [1.807, 2.05) is 11.6 Å². The van der Waals surface area contributed by atoms with Crippen molar-refractivity contribution in [1.82, 2.24) is 25.8 Å². The zero-order valence-corrected chi connectivity index (χ0v) is 16.6. The van der Waals surface area contributed by atoms with Crippen molar-refractivity contribution in [3.05, 3.63) is 77.1 Å². The molecule has 162 valence electrons. The van der Waals surface area contributed by atoms with Gasteiger partial charge >= 0.3 is 6.18 Å². The average molecular weight is 431 g/mol. The Labute approximate surface area is 176 Å². The Morgan fingerprint density at radius 2 is 1.68 bits per heavy atom. The normalized spacial score (nSPS) is 11.2. The van der Waals surface area contributed by atoms with Gasteiger partial charge in [-0.3, -0.25) is 20.4 Å². The van der Waals surface area contributed by atoms with E-state index in [4.69, 9.17) is 0 Å². The minimum absolute atomic E-state index is 0.208. The molecule has 3 aromatic rings. The van der Waals surface area contributed by atoms with Crippen molar-refractivity contribution in [2.75, 3.05) is 0 Å². The number of rotatable bonds is 6. The lowest BCUT2D eigenvalue weighted by molar-refractivity contribution is -0.137. The molecule has 0 radical (unpaired) electrons. The Morgan fingerprint density at radius 3 is 2.35 bits per heavy atom. The van der Waals surface area contributed by atoms with Gasteiger partial charge in [0.05, 0.1) is 28.7 Å². The number of benzene rings is 2. The summed E-state index contributed by atoms with van der Waals surface area (Å²) in [5.41, 5.74) is 4.23. The van der Waals surface area contributed by atoms with Gasteiger partial charge in [-0.2, -0.15) is 13.2 Å². The van der Waals surface area contributed by atoms with Crippen molar-refractivity contribution in [1.29, 1.82) is 0 Å². The van der Waals surface area contributed by atoms with E-state index in [9.17, 15) is 22.8 Å². The van der Waals surface area contributed by atoms with Crippen LogP contribution in [0.1, 0.15) is 51.7 Å². The molecular formula is C21H20F3N5O2. The van der Waals surface area contributed by atoms with E-state index in [0.29, 0.717) is 5.69 Å². The molecule has 0 aliphatic carbocycles. The average Bonchev–Trinajstić information content (AvgIpc) is 3.24. The summed E-state index contributed by atoms with van der Waals surface area (Å²) in [6.07, 6.45) is 0.00864. The van der Waals surface area contributed by atoms with Crippen LogP contribution in [0.2, 0.25) is 0 Å². The molecule has 0 spiro atoms. The molecule has 1 aromatic heterocycles. The fraction of sp³-hybridized carbons (Fsp3) is 0.238. The highest BCUT2D eigenvalue weighted by Gasteiger charge is 2.34. The van der Waals surface area contributed by atoms with Crippen molar-refractivity contribution < 1.29 is 22.8 Å². The van der Waals surface area contributed by atoms with E-state index in [0.717, 1.165) is 37.1 Å². The van der Waals surface area contributed by atoms with E-state index in [1.165, 1.54) is 24.3 Å². The van der Waals surface area contributed by atoms with E-state index < -0.39 is 29.1 Å². The number of hydrogen-bond donors (Lipinski definition) is 2. The van der Waals surface area contributed by atoms with E-state index in [1.54, 1.807) is 16.8 Å². The van der Waals surface area contributed by atoms with E-state index in [2.05, 4.69) is 22.7 Å². The fourth-order valence-corrected chi connectivity index (χ4v) is 2.84. The molecule has 0 aliphatic heterocycles. The second-order valence-corrected chi connectivity index (χ2v) is 6.76. The first kappa shape index (κ1) is 22.0. The lowest BCUT2D eigenvalue weighted by atomic mass is 10.1. The number of aromatic nitrogens is 3. The lowest BCUT2D eigenvalue weighted by Crippen LogP contribution is -2.42. The van der Waals surface area contributed by atoms with Crippen LogP contribution in [-0.4, -0.2) is 26.8 Å². The first-order valence-electron chi connectivity index (χ1n) is 9.58. The van der Waals surface area contributed by atoms with Gasteiger partial charge in [-0.15, -0.1) is 5.10 Å². The summed E-state index contributed by atoms with van der Waals surface area (Å²) < 4.78 is 40.7. The third-order valence-corrected chi connectivity index (χ3v) is 4.49. The summed E-state index contributed by atoms with van der Waals surface area (Å²) in [6.45, 7) is 2.09. The van der Waals surface area contributed by atoms with Gasteiger partial charge < -0.3 is 0 Å². The first-order valence-corrected chi connectivity index (χ1v) is 9.58. The smallest absolute Gasteiger partial charge is 0.267 e. The van der Waals surface area contributed by atoms with Crippen molar-refractivity contribution in [3.8, 4) is 5.69 Å². The highest BCUT2D eigenvalue weighted by atomic mass is 19.4. The number of carbonyl (C=O) groups is 2. The topological polar surface area (TPSA) is 88.9 Å². The van der Waals surface area contributed by atoms with Gasteiger partial charge in [0.15, 0.2) is 0 Å². The SMILES string of the molecule is CCCCc1cn(-c2ccc(C(=O)NNC(=O)c3ccccc3C(F)(F)F)cc2)nn1. The Morgan fingerprint density at radius 1 is 1.00 bits per heavy atom. The largest absolute Gasteiger partial charge is 0.417 e. The Balaban J connectivity index is 1.63. The van der Waals surface area contributed by atoms with E-state index >= 15 is 0 Å². The molecule has 7 nitrogen and oxygen atoms in total. The number of unbranched alkanes of at least 4 members (excludes halogenated alkanes) is 1. The van der Waals surface area contributed by atoms with Crippen molar-refractivity contribution in [3.63, 3.8) is 0 Å². The third-order valence-electron chi connectivity index (χ3n) is 4.49. The monoisotopic (exact) mass is 431 g/mol. The molecule has 3 rings (SSSR count). The Kier molecular flexibility index (Phi) is 6.68. The van der Waals surface area contributed by atoms with Crippen LogP contribution in [0.25, 0.3) is 5.69 Å². The van der Waals surface area contributed by atoms with Gasteiger partial charge in [-0.25, -0.2) is 4.68 Å². The molecule has 0 saturated carbocycles. The van der Waals surface area contributed by atoms with E-state index in [-0.39, 0.29) is 5.56 Å². The number of amides is 2. The number of hydrazine groups is 1. The molecule has 0 aliphatic rings. The molecule has 10 heteroatoms. The second-order valence-electron chi connectivity index (χ2n) is 6.76. The summed E-state index contributed by atoms with van der Waals surface area (Å²) in [4.78, 5) is 24.4. The Bertz CT molecular complexity index is 1060. The zero-order chi connectivity index (χ0) is 22.4. The number of aryl methyl sites for hydroxylation is 1. The predicted molar refractivity (Wildman–Crippen MR) is 106 cm³/mol. The molecule has 0 bridgehead atoms. The van der Waals surface area contributed by atoms with Crippen LogP contribution in [0.4, 0.5) is 13.2 Å². The molecule has 31 heavy (non-hydrogen) atoms. The van der Waals surface area contributed by atoms with Gasteiger partial charge in [0.2, 0.25) is 0 Å². The van der Waals surface area contributed by atoms with Crippen LogP contribution in [0.3, 0.4) is 0 Å². The zero-order valence-electron chi connectivity index (χ0n) is 16.6. The van der Waals surface area contributed by atoms with Gasteiger partial charge in [0, 0.05) is 5.56 Å². The first-order chi connectivity index (χ1) is 14.8. The lowest BCUT2D eigenvalue weighted by Gasteiger charge is -2.13. The maximum absolute atomic E-state index is 13.0. The van der Waals surface area contributed by atoms with Crippen LogP contribution in [0.5, 0.6) is 0 Å². The molecule has 2 aromatic carbocycles. The Hall–Kier alpha value is -3.69. The summed E-state index contributed by atoms with van der Waals surface area (Å²) in [7, 11) is 0. The maximum Gasteiger partial charge on any atom is 0.417 e. The highest BCUT2D eigenvalue weighted by Crippen LogP contribution is 2.31. The number of hydrogen-bond acceptors (Lipinski definition) is 4. The molecule has 0 unspecified atom stereocenters. The van der Waals surface area contributed by atoms with Crippen molar-refractivity contribution in [2.24, 2.45) is 0 Å². The fourth-order valence-electron chi connectivity index (χ4n) is 2.84. The second kappa shape index (κ2) is 9.41. The van der Waals surface area contributed by atoms with Crippen LogP contribution in [-0.2, 0) is 12.6 Å². The molecule has 0 atom stereocenters. The quantitative estimate of drug-likeness (QED) is 0.583. The molecule has 0 saturated heterocycles. The van der Waals surface area contributed by atoms with Gasteiger partial charge in [0.25, 0.3) is 11.8 Å². The van der Waals surface area contributed by atoms with Crippen LogP contribution < -0.4 is 10.9 Å². The number of carbonyl (C=O) groups excluding carboxylic acids is 2. The standard InChI is InChI=1S/C21H20F3N5O2/c1-2-3-6-15-13-29(28-25-15)16-11-9-14(10-12-16)19(30)26-27-20(31)17-7-4-5-8-18(17)21(22,23)24/h4-5,7-13H,2-3,6H2,1H3,(H,26,30)(H,27,31). The predicted octanol–water partition coefficient (Wildman–Crippen LogP) is 3.70. The third kappa shape index (κ3) is 5.47. The van der Waals surface area contributed by atoms with Crippen molar-refractivity contribution >= 4 is 11.8 Å². The van der Waals surface area contributed by atoms with Gasteiger partial charge in [-0.1, -0.05) is 30.7 Å². The summed E-state index contributed by atoms with van der Waals surface area (Å²) >= 11 is 0. The van der Waals surface area contributed by atoms with Crippen LogP contribution in [0.15, 0.2) is 54.7 Å². The number of halogens is 3.